The average Bonchev–Trinajstić information content (AvgIpc) is 2.29. The zero-order chi connectivity index (χ0) is 11.4. The third kappa shape index (κ3) is 2.00. The maximum Gasteiger partial charge on any atom is 0.211 e. The molecule has 2 rings (SSSR count). The van der Waals surface area contributed by atoms with Crippen molar-refractivity contribution in [2.45, 2.75) is 0 Å². The summed E-state index contributed by atoms with van der Waals surface area (Å²) in [5.41, 5.74) is 1.52. The molecule has 1 heterocycles. The summed E-state index contributed by atoms with van der Waals surface area (Å²) in [6.07, 6.45) is 5.46. The van der Waals surface area contributed by atoms with E-state index in [1.54, 1.807) is 24.4 Å². The molecule has 1 aromatic carbocycles. The molecule has 0 unspecified atom stereocenters. The number of nitrogens with zero attached hydrogens (tertiary/aromatic N) is 1. The molecule has 16 heavy (non-hydrogen) atoms. The molecule has 0 saturated carbocycles. The first-order chi connectivity index (χ1) is 7.81. The van der Waals surface area contributed by atoms with Crippen molar-refractivity contribution in [3.63, 3.8) is 0 Å². The molecule has 2 N–H and O–H groups in total. The Labute approximate surface area is 92.2 Å². The van der Waals surface area contributed by atoms with Gasteiger partial charge in [0.2, 0.25) is 6.41 Å². The van der Waals surface area contributed by atoms with Crippen molar-refractivity contribution in [2.24, 2.45) is 0 Å². The summed E-state index contributed by atoms with van der Waals surface area (Å²) in [7, 11) is 0. The molecule has 1 amide bonds. The van der Waals surface area contributed by atoms with Crippen LogP contribution < -0.4 is 5.32 Å². The number of rotatable bonds is 3. The van der Waals surface area contributed by atoms with Gasteiger partial charge in [0.1, 0.15) is 5.75 Å². The maximum atomic E-state index is 10.1. The highest BCUT2D eigenvalue weighted by Crippen LogP contribution is 2.23. The number of benzene rings is 1. The number of hydrogen-bond acceptors (Lipinski definition) is 3. The van der Waals surface area contributed by atoms with E-state index in [4.69, 9.17) is 0 Å². The van der Waals surface area contributed by atoms with Crippen LogP contribution in [0.5, 0.6) is 5.75 Å². The number of hydrogen-bond donors (Lipinski definition) is 2. The fourth-order valence-corrected chi connectivity index (χ4v) is 1.51. The van der Waals surface area contributed by atoms with E-state index in [-0.39, 0.29) is 5.75 Å². The van der Waals surface area contributed by atoms with Crippen molar-refractivity contribution in [2.75, 3.05) is 0 Å². The van der Waals surface area contributed by atoms with Crippen molar-refractivity contribution in [3.8, 4) is 5.75 Å². The highest BCUT2D eigenvalue weighted by Gasteiger charge is 2.01. The number of aromatic nitrogens is 1. The van der Waals surface area contributed by atoms with E-state index in [0.29, 0.717) is 11.9 Å². The maximum absolute atomic E-state index is 10.1. The smallest absolute Gasteiger partial charge is 0.211 e. The van der Waals surface area contributed by atoms with E-state index < -0.39 is 0 Å². The van der Waals surface area contributed by atoms with Gasteiger partial charge < -0.3 is 10.4 Å². The standard InChI is InChI=1S/C12H10N2O2/c15-8-13-5-3-9-6-10(16)7-12-11(9)2-1-4-14-12/h1-8,16H,(H,13,15). The summed E-state index contributed by atoms with van der Waals surface area (Å²) < 4.78 is 0. The molecule has 0 radical (unpaired) electrons. The Morgan fingerprint density at radius 2 is 2.25 bits per heavy atom. The normalized spacial score (nSPS) is 10.8. The number of pyridine rings is 1. The molecule has 80 valence electrons. The molecule has 0 atom stereocenters. The zero-order valence-electron chi connectivity index (χ0n) is 8.42. The lowest BCUT2D eigenvalue weighted by Crippen LogP contribution is -1.98. The van der Waals surface area contributed by atoms with Crippen LogP contribution in [0.25, 0.3) is 17.0 Å². The highest BCUT2D eigenvalue weighted by atomic mass is 16.3. The van der Waals surface area contributed by atoms with Crippen LogP contribution in [0, 0.1) is 0 Å². The molecule has 0 fully saturated rings. The zero-order valence-corrected chi connectivity index (χ0v) is 8.42. The Kier molecular flexibility index (Phi) is 2.82. The Balaban J connectivity index is 2.54. The van der Waals surface area contributed by atoms with E-state index in [1.807, 2.05) is 12.1 Å². The molecule has 0 aliphatic rings. The second-order valence-electron chi connectivity index (χ2n) is 3.22. The van der Waals surface area contributed by atoms with Gasteiger partial charge in [-0.1, -0.05) is 6.07 Å². The molecule has 1 aromatic heterocycles. The molecule has 4 nitrogen and oxygen atoms in total. The van der Waals surface area contributed by atoms with Gasteiger partial charge in [0.25, 0.3) is 0 Å². The predicted octanol–water partition coefficient (Wildman–Crippen LogP) is 1.66. The van der Waals surface area contributed by atoms with Crippen LogP contribution in [-0.2, 0) is 4.79 Å². The van der Waals surface area contributed by atoms with E-state index in [2.05, 4.69) is 10.3 Å². The van der Waals surface area contributed by atoms with Gasteiger partial charge in [0.05, 0.1) is 5.52 Å². The summed E-state index contributed by atoms with van der Waals surface area (Å²) >= 11 is 0. The third-order valence-corrected chi connectivity index (χ3v) is 2.16. The molecular weight excluding hydrogens is 204 g/mol. The lowest BCUT2D eigenvalue weighted by Gasteiger charge is -2.02. The second-order valence-corrected chi connectivity index (χ2v) is 3.22. The number of aromatic hydroxyl groups is 1. The molecule has 2 aromatic rings. The van der Waals surface area contributed by atoms with E-state index in [9.17, 15) is 9.90 Å². The van der Waals surface area contributed by atoms with E-state index in [0.717, 1.165) is 10.9 Å². The number of phenolic OH excluding ortho intramolecular Hbond substituents is 1. The van der Waals surface area contributed by atoms with Crippen molar-refractivity contribution >= 4 is 23.4 Å². The first kappa shape index (κ1) is 10.2. The van der Waals surface area contributed by atoms with E-state index >= 15 is 0 Å². The number of nitrogens with one attached hydrogen (secondary N) is 1. The van der Waals surface area contributed by atoms with Crippen LogP contribution in [0.2, 0.25) is 0 Å². The quantitative estimate of drug-likeness (QED) is 0.764. The van der Waals surface area contributed by atoms with Gasteiger partial charge in [0.15, 0.2) is 0 Å². The SMILES string of the molecule is O=CNC=Cc1cc(O)cc2ncccc12. The van der Waals surface area contributed by atoms with Gasteiger partial charge in [-0.2, -0.15) is 0 Å². The van der Waals surface area contributed by atoms with Gasteiger partial charge in [-0.3, -0.25) is 9.78 Å². The Morgan fingerprint density at radius 1 is 1.38 bits per heavy atom. The number of carbonyl (C=O) groups is 1. The first-order valence-corrected chi connectivity index (χ1v) is 4.75. The van der Waals surface area contributed by atoms with Crippen molar-refractivity contribution in [1.82, 2.24) is 10.3 Å². The minimum Gasteiger partial charge on any atom is -0.508 e. The van der Waals surface area contributed by atoms with Crippen LogP contribution in [-0.4, -0.2) is 16.5 Å². The van der Waals surface area contributed by atoms with Crippen LogP contribution in [0.4, 0.5) is 0 Å². The van der Waals surface area contributed by atoms with Crippen molar-refractivity contribution in [3.05, 3.63) is 42.2 Å². The first-order valence-electron chi connectivity index (χ1n) is 4.75. The largest absolute Gasteiger partial charge is 0.508 e. The van der Waals surface area contributed by atoms with Crippen LogP contribution in [0.3, 0.4) is 0 Å². The minimum absolute atomic E-state index is 0.150. The fraction of sp³-hybridized carbons (Fsp3) is 0. The Bertz CT molecular complexity index is 550. The number of phenols is 1. The molecule has 0 aliphatic carbocycles. The summed E-state index contributed by atoms with van der Waals surface area (Å²) in [6.45, 7) is 0. The number of carbonyl (C=O) groups excluding carboxylic acids is 1. The lowest BCUT2D eigenvalue weighted by atomic mass is 10.1. The van der Waals surface area contributed by atoms with Gasteiger partial charge >= 0.3 is 0 Å². The van der Waals surface area contributed by atoms with Crippen molar-refractivity contribution < 1.29 is 9.90 Å². The Morgan fingerprint density at radius 3 is 3.06 bits per heavy atom. The highest BCUT2D eigenvalue weighted by molar-refractivity contribution is 5.89. The summed E-state index contributed by atoms with van der Waals surface area (Å²) in [6, 6.07) is 6.94. The average molecular weight is 214 g/mol. The number of amides is 1. The van der Waals surface area contributed by atoms with Gasteiger partial charge in [0, 0.05) is 23.8 Å². The predicted molar refractivity (Wildman–Crippen MR) is 61.6 cm³/mol. The fourth-order valence-electron chi connectivity index (χ4n) is 1.51. The molecule has 0 aliphatic heterocycles. The summed E-state index contributed by atoms with van der Waals surface area (Å²) in [4.78, 5) is 14.2. The van der Waals surface area contributed by atoms with E-state index in [1.165, 1.54) is 6.20 Å². The van der Waals surface area contributed by atoms with Crippen LogP contribution in [0.15, 0.2) is 36.7 Å². The van der Waals surface area contributed by atoms with Crippen LogP contribution >= 0.6 is 0 Å². The molecule has 0 spiro atoms. The minimum atomic E-state index is 0.150. The monoisotopic (exact) mass is 214 g/mol. The Hall–Kier alpha value is -2.36. The summed E-state index contributed by atoms with van der Waals surface area (Å²) in [5, 5.41) is 12.8. The summed E-state index contributed by atoms with van der Waals surface area (Å²) in [5.74, 6) is 0.150. The lowest BCUT2D eigenvalue weighted by molar-refractivity contribution is -0.108. The molecular formula is C12H10N2O2. The van der Waals surface area contributed by atoms with Gasteiger partial charge in [-0.05, 0) is 23.8 Å². The van der Waals surface area contributed by atoms with Crippen LogP contribution in [0.1, 0.15) is 5.56 Å². The van der Waals surface area contributed by atoms with Gasteiger partial charge in [-0.15, -0.1) is 0 Å². The third-order valence-electron chi connectivity index (χ3n) is 2.16. The van der Waals surface area contributed by atoms with Gasteiger partial charge in [-0.25, -0.2) is 0 Å². The second kappa shape index (κ2) is 4.44. The molecule has 0 saturated heterocycles. The van der Waals surface area contributed by atoms with Crippen molar-refractivity contribution in [1.29, 1.82) is 0 Å². The molecule has 4 heteroatoms. The molecule has 0 bridgehead atoms. The topological polar surface area (TPSA) is 62.2 Å². The number of fused-ring (bicyclic) bond motifs is 1.